The number of hydrogen-bond acceptors (Lipinski definition) is 4. The Morgan fingerprint density at radius 1 is 1.59 bits per heavy atom. The number of nitrogen functional groups attached to an aromatic ring is 1. The van der Waals surface area contributed by atoms with E-state index >= 15 is 0 Å². The number of nitrogens with one attached hydrogen (secondary N) is 1. The molecule has 1 amide bonds. The summed E-state index contributed by atoms with van der Waals surface area (Å²) in [4.78, 5) is 16.2. The molecule has 17 heavy (non-hydrogen) atoms. The third-order valence-electron chi connectivity index (χ3n) is 2.34. The lowest BCUT2D eigenvalue weighted by Gasteiger charge is -2.05. The Kier molecular flexibility index (Phi) is 3.77. The van der Waals surface area contributed by atoms with E-state index in [2.05, 4.69) is 10.3 Å². The van der Waals surface area contributed by atoms with Gasteiger partial charge in [0.25, 0.3) is 5.91 Å². The quantitative estimate of drug-likeness (QED) is 0.787. The number of anilines is 1. The van der Waals surface area contributed by atoms with Crippen LogP contribution in [0.1, 0.15) is 16.1 Å². The highest BCUT2D eigenvalue weighted by molar-refractivity contribution is 7.12. The fraction of sp³-hybridized carbons (Fsp3) is 0.273. The normalized spacial score (nSPS) is 10.4. The van der Waals surface area contributed by atoms with Crippen molar-refractivity contribution < 1.29 is 4.79 Å². The zero-order valence-corrected chi connectivity index (χ0v) is 10.1. The maximum Gasteiger partial charge on any atom is 0.263 e. The van der Waals surface area contributed by atoms with E-state index in [4.69, 9.17) is 5.73 Å². The van der Waals surface area contributed by atoms with E-state index < -0.39 is 0 Å². The first-order chi connectivity index (χ1) is 8.27. The van der Waals surface area contributed by atoms with Gasteiger partial charge in [0.2, 0.25) is 0 Å². The molecular formula is C11H14N4OS. The molecule has 3 N–H and O–H groups in total. The number of thiophene rings is 1. The predicted octanol–water partition coefficient (Wildman–Crippen LogP) is 1.35. The molecule has 0 saturated heterocycles. The summed E-state index contributed by atoms with van der Waals surface area (Å²) >= 11 is 1.36. The van der Waals surface area contributed by atoms with E-state index in [-0.39, 0.29) is 5.91 Å². The smallest absolute Gasteiger partial charge is 0.263 e. The molecule has 0 aliphatic rings. The Labute approximate surface area is 103 Å². The molecule has 2 aromatic heterocycles. The molecule has 0 aromatic carbocycles. The number of nitrogens with two attached hydrogens (primary N) is 1. The minimum absolute atomic E-state index is 0.0943. The number of nitrogens with zero attached hydrogens (tertiary/aromatic N) is 2. The second-order valence-electron chi connectivity index (χ2n) is 3.62. The highest BCUT2D eigenvalue weighted by Gasteiger charge is 2.09. The van der Waals surface area contributed by atoms with Crippen molar-refractivity contribution in [1.29, 1.82) is 0 Å². The van der Waals surface area contributed by atoms with Crippen LogP contribution in [0.15, 0.2) is 30.2 Å². The molecule has 2 heterocycles. The van der Waals surface area contributed by atoms with Gasteiger partial charge < -0.3 is 15.6 Å². The van der Waals surface area contributed by atoms with Gasteiger partial charge in [0.15, 0.2) is 0 Å². The zero-order valence-electron chi connectivity index (χ0n) is 9.30. The highest BCUT2D eigenvalue weighted by Crippen LogP contribution is 2.18. The van der Waals surface area contributed by atoms with Gasteiger partial charge in [-0.15, -0.1) is 11.3 Å². The number of aryl methyl sites for hydroxylation is 1. The topological polar surface area (TPSA) is 72.9 Å². The number of carbonyl (C=O) groups is 1. The summed E-state index contributed by atoms with van der Waals surface area (Å²) < 4.78 is 1.98. The van der Waals surface area contributed by atoms with Gasteiger partial charge >= 0.3 is 0 Å². The van der Waals surface area contributed by atoms with Gasteiger partial charge in [-0.05, 0) is 17.9 Å². The van der Waals surface area contributed by atoms with Crippen LogP contribution in [0.3, 0.4) is 0 Å². The van der Waals surface area contributed by atoms with Crippen LogP contribution in [-0.2, 0) is 6.54 Å². The van der Waals surface area contributed by atoms with Crippen LogP contribution in [0, 0.1) is 0 Å². The summed E-state index contributed by atoms with van der Waals surface area (Å²) in [5.74, 6) is -0.0943. The van der Waals surface area contributed by atoms with Gasteiger partial charge in [0.1, 0.15) is 4.88 Å². The summed E-state index contributed by atoms with van der Waals surface area (Å²) in [7, 11) is 0. The number of carbonyl (C=O) groups excluding carboxylic acids is 1. The van der Waals surface area contributed by atoms with E-state index in [9.17, 15) is 4.79 Å². The third kappa shape index (κ3) is 3.07. The zero-order chi connectivity index (χ0) is 12.1. The van der Waals surface area contributed by atoms with Gasteiger partial charge in [0.05, 0.1) is 12.0 Å². The molecule has 5 nitrogen and oxygen atoms in total. The Hall–Kier alpha value is -1.82. The van der Waals surface area contributed by atoms with Crippen LogP contribution in [0.25, 0.3) is 0 Å². The highest BCUT2D eigenvalue weighted by atomic mass is 32.1. The van der Waals surface area contributed by atoms with E-state index in [0.717, 1.165) is 13.0 Å². The van der Waals surface area contributed by atoms with Crippen LogP contribution in [0.2, 0.25) is 0 Å². The molecule has 0 aliphatic carbocycles. The molecular weight excluding hydrogens is 236 g/mol. The van der Waals surface area contributed by atoms with Crippen molar-refractivity contribution in [3.63, 3.8) is 0 Å². The van der Waals surface area contributed by atoms with Gasteiger partial charge in [-0.3, -0.25) is 4.79 Å². The van der Waals surface area contributed by atoms with Crippen LogP contribution < -0.4 is 11.1 Å². The van der Waals surface area contributed by atoms with Crippen molar-refractivity contribution in [3.8, 4) is 0 Å². The Morgan fingerprint density at radius 2 is 2.47 bits per heavy atom. The summed E-state index contributed by atoms with van der Waals surface area (Å²) in [5, 5.41) is 4.66. The minimum atomic E-state index is -0.0943. The first kappa shape index (κ1) is 11.7. The Bertz CT molecular complexity index is 477. The predicted molar refractivity (Wildman–Crippen MR) is 67.9 cm³/mol. The summed E-state index contributed by atoms with van der Waals surface area (Å²) in [6.07, 6.45) is 6.27. The van der Waals surface area contributed by atoms with Crippen molar-refractivity contribution in [1.82, 2.24) is 14.9 Å². The van der Waals surface area contributed by atoms with Crippen LogP contribution in [-0.4, -0.2) is 22.0 Å². The van der Waals surface area contributed by atoms with Crippen molar-refractivity contribution in [3.05, 3.63) is 35.0 Å². The van der Waals surface area contributed by atoms with Crippen molar-refractivity contribution in [2.24, 2.45) is 0 Å². The Balaban J connectivity index is 1.72. The lowest BCUT2D eigenvalue weighted by Crippen LogP contribution is -2.25. The third-order valence-corrected chi connectivity index (χ3v) is 3.27. The van der Waals surface area contributed by atoms with E-state index in [0.29, 0.717) is 17.1 Å². The summed E-state index contributed by atoms with van der Waals surface area (Å²) in [6, 6.07) is 1.74. The lowest BCUT2D eigenvalue weighted by atomic mass is 10.3. The molecule has 0 aliphatic heterocycles. The first-order valence-electron chi connectivity index (χ1n) is 5.34. The van der Waals surface area contributed by atoms with Crippen molar-refractivity contribution in [2.45, 2.75) is 13.0 Å². The molecule has 0 bridgehead atoms. The van der Waals surface area contributed by atoms with Crippen LogP contribution >= 0.6 is 11.3 Å². The average molecular weight is 250 g/mol. The fourth-order valence-corrected chi connectivity index (χ4v) is 2.20. The van der Waals surface area contributed by atoms with Crippen LogP contribution in [0.4, 0.5) is 5.69 Å². The average Bonchev–Trinajstić information content (AvgIpc) is 2.95. The van der Waals surface area contributed by atoms with E-state index in [1.165, 1.54) is 11.3 Å². The molecule has 0 atom stereocenters. The van der Waals surface area contributed by atoms with Crippen molar-refractivity contribution in [2.75, 3.05) is 12.3 Å². The van der Waals surface area contributed by atoms with E-state index in [1.54, 1.807) is 18.6 Å². The number of imidazole rings is 1. The maximum absolute atomic E-state index is 11.7. The number of hydrogen-bond donors (Lipinski definition) is 2. The molecule has 0 spiro atoms. The molecule has 90 valence electrons. The van der Waals surface area contributed by atoms with Crippen LogP contribution in [0.5, 0.6) is 0 Å². The SMILES string of the molecule is Nc1ccsc1C(=O)NCCCn1ccnc1. The molecule has 0 unspecified atom stereocenters. The molecule has 2 aromatic rings. The lowest BCUT2D eigenvalue weighted by molar-refractivity contribution is 0.0957. The standard InChI is InChI=1S/C11H14N4OS/c12-9-2-7-17-10(9)11(16)14-3-1-5-15-6-4-13-8-15/h2,4,6-8H,1,3,5,12H2,(H,14,16). The van der Waals surface area contributed by atoms with Crippen molar-refractivity contribution >= 4 is 22.9 Å². The van der Waals surface area contributed by atoms with Gasteiger partial charge in [-0.1, -0.05) is 0 Å². The number of aromatic nitrogens is 2. The molecule has 0 fully saturated rings. The first-order valence-corrected chi connectivity index (χ1v) is 6.22. The van der Waals surface area contributed by atoms with E-state index in [1.807, 2.05) is 16.1 Å². The molecule has 0 saturated carbocycles. The monoisotopic (exact) mass is 250 g/mol. The largest absolute Gasteiger partial charge is 0.397 e. The van der Waals surface area contributed by atoms with Gasteiger partial charge in [-0.25, -0.2) is 4.98 Å². The number of amides is 1. The second-order valence-corrected chi connectivity index (χ2v) is 4.53. The Morgan fingerprint density at radius 3 is 3.12 bits per heavy atom. The minimum Gasteiger partial charge on any atom is -0.397 e. The molecule has 0 radical (unpaired) electrons. The molecule has 6 heteroatoms. The van der Waals surface area contributed by atoms with Gasteiger partial charge in [-0.2, -0.15) is 0 Å². The second kappa shape index (κ2) is 5.49. The van der Waals surface area contributed by atoms with Gasteiger partial charge in [0, 0.05) is 25.5 Å². The summed E-state index contributed by atoms with van der Waals surface area (Å²) in [5.41, 5.74) is 6.20. The summed E-state index contributed by atoms with van der Waals surface area (Å²) in [6.45, 7) is 1.48. The molecule has 2 rings (SSSR count). The fourth-order valence-electron chi connectivity index (χ4n) is 1.47. The number of rotatable bonds is 5. The maximum atomic E-state index is 11.7.